The Bertz CT molecular complexity index is 684. The van der Waals surface area contributed by atoms with Gasteiger partial charge in [0.15, 0.2) is 0 Å². The van der Waals surface area contributed by atoms with Gasteiger partial charge in [-0.05, 0) is 25.1 Å². The van der Waals surface area contributed by atoms with Crippen molar-refractivity contribution in [3.63, 3.8) is 0 Å². The Labute approximate surface area is 130 Å². The third-order valence-corrected chi connectivity index (χ3v) is 3.76. The topological polar surface area (TPSA) is 38.8 Å². The Morgan fingerprint density at radius 2 is 1.91 bits per heavy atom. The molecule has 4 nitrogen and oxygen atoms in total. The molecule has 0 spiro atoms. The number of carbonyl (C=O) groups excluding carboxylic acids is 1. The average Bonchev–Trinajstić information content (AvgIpc) is 2.72. The molecule has 22 heavy (non-hydrogen) atoms. The smallest absolute Gasteiger partial charge is 0.258 e. The third kappa shape index (κ3) is 2.77. The van der Waals surface area contributed by atoms with Crippen molar-refractivity contribution in [2.75, 3.05) is 13.7 Å². The lowest BCUT2D eigenvalue weighted by molar-refractivity contribution is 0.0687. The fraction of sp³-hybridized carbons (Fsp3) is 0.278. The molecular weight excluding hydrogens is 278 g/mol. The number of carbonyl (C=O) groups is 1. The van der Waals surface area contributed by atoms with Gasteiger partial charge < -0.3 is 14.4 Å². The molecule has 114 valence electrons. The van der Waals surface area contributed by atoms with E-state index in [9.17, 15) is 4.79 Å². The molecule has 0 radical (unpaired) electrons. The highest BCUT2D eigenvalue weighted by Crippen LogP contribution is 2.27. The lowest BCUT2D eigenvalue weighted by Gasteiger charge is -2.23. The first kappa shape index (κ1) is 14.4. The summed E-state index contributed by atoms with van der Waals surface area (Å²) in [5, 5.41) is 0. The van der Waals surface area contributed by atoms with Gasteiger partial charge in [0.05, 0.1) is 19.2 Å². The van der Waals surface area contributed by atoms with E-state index in [1.807, 2.05) is 48.2 Å². The standard InChI is InChI=1S/C18H19NO3/c1-13-11-19(12-14-7-3-5-9-16(14)22-13)18(20)15-8-4-6-10-17(15)21-2/h3-10,13H,11-12H2,1-2H3. The monoisotopic (exact) mass is 297 g/mol. The van der Waals surface area contributed by atoms with Gasteiger partial charge in [0, 0.05) is 12.1 Å². The van der Waals surface area contributed by atoms with Gasteiger partial charge in [0.25, 0.3) is 5.91 Å². The van der Waals surface area contributed by atoms with Crippen LogP contribution >= 0.6 is 0 Å². The molecule has 0 aliphatic carbocycles. The van der Waals surface area contributed by atoms with Gasteiger partial charge in [0.1, 0.15) is 17.6 Å². The van der Waals surface area contributed by atoms with Crippen molar-refractivity contribution in [3.8, 4) is 11.5 Å². The van der Waals surface area contributed by atoms with Gasteiger partial charge in [-0.2, -0.15) is 0 Å². The molecule has 1 heterocycles. The van der Waals surface area contributed by atoms with Crippen LogP contribution in [0.3, 0.4) is 0 Å². The maximum atomic E-state index is 12.9. The van der Waals surface area contributed by atoms with Gasteiger partial charge in [-0.1, -0.05) is 30.3 Å². The summed E-state index contributed by atoms with van der Waals surface area (Å²) in [7, 11) is 1.58. The van der Waals surface area contributed by atoms with Gasteiger partial charge in [-0.3, -0.25) is 4.79 Å². The van der Waals surface area contributed by atoms with E-state index in [4.69, 9.17) is 9.47 Å². The molecule has 2 aromatic carbocycles. The summed E-state index contributed by atoms with van der Waals surface area (Å²) in [6.07, 6.45) is -0.0534. The molecule has 1 aliphatic heterocycles. The van der Waals surface area contributed by atoms with Gasteiger partial charge in [0.2, 0.25) is 0 Å². The minimum atomic E-state index is -0.0534. The highest BCUT2D eigenvalue weighted by atomic mass is 16.5. The quantitative estimate of drug-likeness (QED) is 0.855. The van der Waals surface area contributed by atoms with Crippen LogP contribution in [0.5, 0.6) is 11.5 Å². The van der Waals surface area contributed by atoms with Crippen LogP contribution in [0.1, 0.15) is 22.8 Å². The van der Waals surface area contributed by atoms with Crippen LogP contribution in [0.4, 0.5) is 0 Å². The van der Waals surface area contributed by atoms with Gasteiger partial charge >= 0.3 is 0 Å². The van der Waals surface area contributed by atoms with E-state index in [0.717, 1.165) is 11.3 Å². The van der Waals surface area contributed by atoms with Crippen molar-refractivity contribution >= 4 is 5.91 Å². The predicted molar refractivity (Wildman–Crippen MR) is 84.3 cm³/mol. The molecule has 1 unspecified atom stereocenters. The number of benzene rings is 2. The molecule has 1 amide bonds. The zero-order chi connectivity index (χ0) is 15.5. The fourth-order valence-corrected chi connectivity index (χ4v) is 2.73. The van der Waals surface area contributed by atoms with Crippen LogP contribution < -0.4 is 9.47 Å². The summed E-state index contributed by atoms with van der Waals surface area (Å²) >= 11 is 0. The van der Waals surface area contributed by atoms with E-state index in [-0.39, 0.29) is 12.0 Å². The first-order valence-electron chi connectivity index (χ1n) is 7.36. The second-order valence-electron chi connectivity index (χ2n) is 5.42. The van der Waals surface area contributed by atoms with E-state index in [1.165, 1.54) is 0 Å². The minimum Gasteiger partial charge on any atom is -0.496 e. The molecule has 0 saturated carbocycles. The molecule has 0 aromatic heterocycles. The summed E-state index contributed by atoms with van der Waals surface area (Å²) in [5.74, 6) is 1.41. The Balaban J connectivity index is 1.92. The number of nitrogens with zero attached hydrogens (tertiary/aromatic N) is 1. The Kier molecular flexibility index (Phi) is 4.00. The summed E-state index contributed by atoms with van der Waals surface area (Å²) in [4.78, 5) is 14.7. The van der Waals surface area contributed by atoms with Crippen molar-refractivity contribution in [2.45, 2.75) is 19.6 Å². The predicted octanol–water partition coefficient (Wildman–Crippen LogP) is 3.12. The van der Waals surface area contributed by atoms with E-state index < -0.39 is 0 Å². The number of hydrogen-bond acceptors (Lipinski definition) is 3. The first-order chi connectivity index (χ1) is 10.7. The van der Waals surface area contributed by atoms with E-state index in [1.54, 1.807) is 19.2 Å². The second-order valence-corrected chi connectivity index (χ2v) is 5.42. The van der Waals surface area contributed by atoms with Crippen LogP contribution in [-0.2, 0) is 6.54 Å². The van der Waals surface area contributed by atoms with Crippen LogP contribution in [0, 0.1) is 0 Å². The van der Waals surface area contributed by atoms with Gasteiger partial charge in [-0.25, -0.2) is 0 Å². The third-order valence-electron chi connectivity index (χ3n) is 3.76. The van der Waals surface area contributed by atoms with Crippen molar-refractivity contribution in [1.29, 1.82) is 0 Å². The number of rotatable bonds is 2. The van der Waals surface area contributed by atoms with Crippen LogP contribution in [0.2, 0.25) is 0 Å². The van der Waals surface area contributed by atoms with E-state index in [2.05, 4.69) is 0 Å². The fourth-order valence-electron chi connectivity index (χ4n) is 2.73. The molecule has 3 rings (SSSR count). The normalized spacial score (nSPS) is 17.2. The zero-order valence-corrected chi connectivity index (χ0v) is 12.8. The lowest BCUT2D eigenvalue weighted by Crippen LogP contribution is -2.36. The average molecular weight is 297 g/mol. The lowest BCUT2D eigenvalue weighted by atomic mass is 10.1. The molecule has 2 aromatic rings. The molecule has 1 aliphatic rings. The molecule has 0 fully saturated rings. The molecule has 0 N–H and O–H groups in total. The molecule has 4 heteroatoms. The highest BCUT2D eigenvalue weighted by Gasteiger charge is 2.25. The number of hydrogen-bond donors (Lipinski definition) is 0. The Hall–Kier alpha value is -2.49. The number of amides is 1. The molecule has 1 atom stereocenters. The summed E-state index contributed by atoms with van der Waals surface area (Å²) < 4.78 is 11.2. The van der Waals surface area contributed by atoms with E-state index >= 15 is 0 Å². The first-order valence-corrected chi connectivity index (χ1v) is 7.36. The van der Waals surface area contributed by atoms with Crippen molar-refractivity contribution in [1.82, 2.24) is 4.90 Å². The SMILES string of the molecule is COc1ccccc1C(=O)N1Cc2ccccc2OC(C)C1. The van der Waals surface area contributed by atoms with Gasteiger partial charge in [-0.15, -0.1) is 0 Å². The van der Waals surface area contributed by atoms with Crippen LogP contribution in [0.15, 0.2) is 48.5 Å². The summed E-state index contributed by atoms with van der Waals surface area (Å²) in [5.41, 5.74) is 1.60. The second kappa shape index (κ2) is 6.10. The minimum absolute atomic E-state index is 0.0374. The van der Waals surface area contributed by atoms with Crippen molar-refractivity contribution in [3.05, 3.63) is 59.7 Å². The Morgan fingerprint density at radius 3 is 2.73 bits per heavy atom. The molecule has 0 bridgehead atoms. The van der Waals surface area contributed by atoms with Crippen molar-refractivity contribution < 1.29 is 14.3 Å². The molecule has 0 saturated heterocycles. The number of ether oxygens (including phenoxy) is 2. The number of methoxy groups -OCH3 is 1. The summed E-state index contributed by atoms with van der Waals surface area (Å²) in [6.45, 7) is 3.06. The van der Waals surface area contributed by atoms with Crippen LogP contribution in [0.25, 0.3) is 0 Å². The maximum Gasteiger partial charge on any atom is 0.258 e. The largest absolute Gasteiger partial charge is 0.496 e. The number of fused-ring (bicyclic) bond motifs is 1. The van der Waals surface area contributed by atoms with E-state index in [0.29, 0.717) is 24.4 Å². The Morgan fingerprint density at radius 1 is 1.18 bits per heavy atom. The van der Waals surface area contributed by atoms with Crippen LogP contribution in [-0.4, -0.2) is 30.6 Å². The zero-order valence-electron chi connectivity index (χ0n) is 12.8. The number of para-hydroxylation sites is 2. The van der Waals surface area contributed by atoms with Crippen molar-refractivity contribution in [2.24, 2.45) is 0 Å². The maximum absolute atomic E-state index is 12.9. The summed E-state index contributed by atoms with van der Waals surface area (Å²) in [6, 6.07) is 15.2. The highest BCUT2D eigenvalue weighted by molar-refractivity contribution is 5.97. The molecular formula is C18H19NO3.